The molecule has 0 saturated carbocycles. The minimum absolute atomic E-state index is 0.248. The Balaban J connectivity index is 2.53. The molecule has 15 heavy (non-hydrogen) atoms. The standard InChI is InChI=1S/C10H13NO3S/c1-7(12)8-3-4-9(11-5-8)15-6-10(13)14-2/h3-5,7,12H,6H2,1-2H3/t7-/m1/s1. The van der Waals surface area contributed by atoms with Crippen LogP contribution in [0.4, 0.5) is 0 Å². The van der Waals surface area contributed by atoms with Gasteiger partial charge in [-0.3, -0.25) is 4.79 Å². The molecule has 1 N–H and O–H groups in total. The summed E-state index contributed by atoms with van der Waals surface area (Å²) < 4.78 is 4.51. The fourth-order valence-electron chi connectivity index (χ4n) is 0.916. The van der Waals surface area contributed by atoms with Crippen molar-refractivity contribution in [2.24, 2.45) is 0 Å². The van der Waals surface area contributed by atoms with Gasteiger partial charge >= 0.3 is 5.97 Å². The summed E-state index contributed by atoms with van der Waals surface area (Å²) in [6.07, 6.45) is 1.08. The predicted molar refractivity (Wildman–Crippen MR) is 57.6 cm³/mol. The van der Waals surface area contributed by atoms with Gasteiger partial charge in [-0.05, 0) is 18.6 Å². The highest BCUT2D eigenvalue weighted by atomic mass is 32.2. The molecule has 1 aromatic heterocycles. The Morgan fingerprint density at radius 2 is 2.40 bits per heavy atom. The molecular formula is C10H13NO3S. The summed E-state index contributed by atoms with van der Waals surface area (Å²) in [6, 6.07) is 3.56. The van der Waals surface area contributed by atoms with Crippen LogP contribution in [0, 0.1) is 0 Å². The molecule has 1 rings (SSSR count). The van der Waals surface area contributed by atoms with E-state index in [1.807, 2.05) is 0 Å². The number of rotatable bonds is 4. The zero-order chi connectivity index (χ0) is 11.3. The van der Waals surface area contributed by atoms with E-state index in [9.17, 15) is 9.90 Å². The van der Waals surface area contributed by atoms with Crippen LogP contribution in [0.5, 0.6) is 0 Å². The SMILES string of the molecule is COC(=O)CSc1ccc([C@@H](C)O)cn1. The van der Waals surface area contributed by atoms with Gasteiger partial charge < -0.3 is 9.84 Å². The molecule has 1 atom stereocenters. The molecule has 0 bridgehead atoms. The first-order chi connectivity index (χ1) is 7.13. The van der Waals surface area contributed by atoms with E-state index in [1.54, 1.807) is 25.3 Å². The Morgan fingerprint density at radius 3 is 2.87 bits per heavy atom. The normalized spacial score (nSPS) is 12.2. The lowest BCUT2D eigenvalue weighted by Crippen LogP contribution is -2.03. The molecule has 1 heterocycles. The van der Waals surface area contributed by atoms with E-state index in [-0.39, 0.29) is 11.7 Å². The molecule has 0 fully saturated rings. The second-order valence-electron chi connectivity index (χ2n) is 2.97. The van der Waals surface area contributed by atoms with Crippen molar-refractivity contribution in [3.63, 3.8) is 0 Å². The van der Waals surface area contributed by atoms with Crippen LogP contribution >= 0.6 is 11.8 Å². The monoisotopic (exact) mass is 227 g/mol. The van der Waals surface area contributed by atoms with E-state index in [4.69, 9.17) is 0 Å². The molecule has 4 nitrogen and oxygen atoms in total. The molecule has 0 unspecified atom stereocenters. The molecule has 0 aliphatic carbocycles. The zero-order valence-electron chi connectivity index (χ0n) is 8.64. The van der Waals surface area contributed by atoms with Crippen molar-refractivity contribution >= 4 is 17.7 Å². The topological polar surface area (TPSA) is 59.4 Å². The summed E-state index contributed by atoms with van der Waals surface area (Å²) >= 11 is 1.31. The molecule has 0 radical (unpaired) electrons. The summed E-state index contributed by atoms with van der Waals surface area (Å²) in [5.41, 5.74) is 0.761. The van der Waals surface area contributed by atoms with Crippen LogP contribution < -0.4 is 0 Å². The van der Waals surface area contributed by atoms with Crippen molar-refractivity contribution in [3.8, 4) is 0 Å². The number of aliphatic hydroxyl groups excluding tert-OH is 1. The van der Waals surface area contributed by atoms with Crippen LogP contribution in [0.15, 0.2) is 23.4 Å². The van der Waals surface area contributed by atoms with Gasteiger partial charge in [0, 0.05) is 6.20 Å². The largest absolute Gasteiger partial charge is 0.468 e. The number of nitrogens with zero attached hydrogens (tertiary/aromatic N) is 1. The van der Waals surface area contributed by atoms with Crippen LogP contribution in [-0.4, -0.2) is 28.9 Å². The number of hydrogen-bond donors (Lipinski definition) is 1. The molecule has 0 aromatic carbocycles. The van der Waals surface area contributed by atoms with Crippen molar-refractivity contribution in [1.82, 2.24) is 4.98 Å². The van der Waals surface area contributed by atoms with Gasteiger partial charge in [0.25, 0.3) is 0 Å². The number of aliphatic hydroxyl groups is 1. The number of pyridine rings is 1. The van der Waals surface area contributed by atoms with Crippen molar-refractivity contribution in [3.05, 3.63) is 23.9 Å². The third-order valence-electron chi connectivity index (χ3n) is 1.81. The smallest absolute Gasteiger partial charge is 0.316 e. The highest BCUT2D eigenvalue weighted by Crippen LogP contribution is 2.17. The van der Waals surface area contributed by atoms with E-state index >= 15 is 0 Å². The second kappa shape index (κ2) is 5.72. The van der Waals surface area contributed by atoms with Gasteiger partial charge in [0.05, 0.1) is 24.0 Å². The Labute approximate surface area is 92.7 Å². The molecular weight excluding hydrogens is 214 g/mol. The average Bonchev–Trinajstić information content (AvgIpc) is 2.26. The fraction of sp³-hybridized carbons (Fsp3) is 0.400. The summed E-state index contributed by atoms with van der Waals surface area (Å²) in [6.45, 7) is 1.68. The zero-order valence-corrected chi connectivity index (χ0v) is 9.45. The number of aromatic nitrogens is 1. The first-order valence-corrected chi connectivity index (χ1v) is 5.45. The van der Waals surface area contributed by atoms with Gasteiger partial charge in [0.2, 0.25) is 0 Å². The average molecular weight is 227 g/mol. The first-order valence-electron chi connectivity index (χ1n) is 4.47. The van der Waals surface area contributed by atoms with E-state index in [0.717, 1.165) is 10.6 Å². The maximum Gasteiger partial charge on any atom is 0.316 e. The summed E-state index contributed by atoms with van der Waals surface area (Å²) in [4.78, 5) is 15.0. The van der Waals surface area contributed by atoms with Gasteiger partial charge in [0.15, 0.2) is 0 Å². The summed E-state index contributed by atoms with van der Waals surface area (Å²) in [5.74, 6) is -0.0289. The van der Waals surface area contributed by atoms with E-state index in [0.29, 0.717) is 0 Å². The van der Waals surface area contributed by atoms with Gasteiger partial charge in [-0.2, -0.15) is 0 Å². The number of hydrogen-bond acceptors (Lipinski definition) is 5. The number of esters is 1. The quantitative estimate of drug-likeness (QED) is 0.622. The van der Waals surface area contributed by atoms with E-state index in [2.05, 4.69) is 9.72 Å². The van der Waals surface area contributed by atoms with Crippen LogP contribution in [-0.2, 0) is 9.53 Å². The lowest BCUT2D eigenvalue weighted by atomic mass is 10.2. The van der Waals surface area contributed by atoms with Crippen molar-refractivity contribution in [2.45, 2.75) is 18.1 Å². The minimum atomic E-state index is -0.517. The Bertz CT molecular complexity index is 324. The number of thioether (sulfide) groups is 1. The maximum atomic E-state index is 10.8. The Morgan fingerprint density at radius 1 is 1.67 bits per heavy atom. The first kappa shape index (κ1) is 12.0. The van der Waals surface area contributed by atoms with Gasteiger partial charge in [-0.15, -0.1) is 0 Å². The van der Waals surface area contributed by atoms with Crippen LogP contribution in [0.3, 0.4) is 0 Å². The minimum Gasteiger partial charge on any atom is -0.468 e. The van der Waals surface area contributed by atoms with E-state index in [1.165, 1.54) is 18.9 Å². The molecule has 5 heteroatoms. The van der Waals surface area contributed by atoms with Crippen LogP contribution in [0.1, 0.15) is 18.6 Å². The third-order valence-corrected chi connectivity index (χ3v) is 2.72. The Hall–Kier alpha value is -1.07. The lowest BCUT2D eigenvalue weighted by molar-refractivity contribution is -0.137. The third kappa shape index (κ3) is 3.89. The Kier molecular flexibility index (Phi) is 4.58. The van der Waals surface area contributed by atoms with Crippen molar-refractivity contribution in [2.75, 3.05) is 12.9 Å². The second-order valence-corrected chi connectivity index (χ2v) is 3.97. The van der Waals surface area contributed by atoms with Gasteiger partial charge in [-0.25, -0.2) is 4.98 Å². The van der Waals surface area contributed by atoms with Crippen molar-refractivity contribution < 1.29 is 14.6 Å². The summed E-state index contributed by atoms with van der Waals surface area (Å²) in [7, 11) is 1.35. The molecule has 0 aliphatic heterocycles. The molecule has 0 spiro atoms. The maximum absolute atomic E-state index is 10.8. The highest BCUT2D eigenvalue weighted by molar-refractivity contribution is 7.99. The molecule has 1 aromatic rings. The molecule has 0 saturated heterocycles. The lowest BCUT2D eigenvalue weighted by Gasteiger charge is -2.04. The number of ether oxygens (including phenoxy) is 1. The predicted octanol–water partition coefficient (Wildman–Crippen LogP) is 1.40. The molecule has 0 aliphatic rings. The highest BCUT2D eigenvalue weighted by Gasteiger charge is 2.04. The molecule has 82 valence electrons. The van der Waals surface area contributed by atoms with Crippen LogP contribution in [0.25, 0.3) is 0 Å². The summed E-state index contributed by atoms with van der Waals surface area (Å²) in [5, 5.41) is 9.99. The van der Waals surface area contributed by atoms with Gasteiger partial charge in [0.1, 0.15) is 0 Å². The number of carbonyl (C=O) groups is 1. The van der Waals surface area contributed by atoms with Gasteiger partial charge in [-0.1, -0.05) is 17.8 Å². The molecule has 0 amide bonds. The number of methoxy groups -OCH3 is 1. The van der Waals surface area contributed by atoms with Crippen molar-refractivity contribution in [1.29, 1.82) is 0 Å². The fourth-order valence-corrected chi connectivity index (χ4v) is 1.59. The van der Waals surface area contributed by atoms with Crippen LogP contribution in [0.2, 0.25) is 0 Å². The van der Waals surface area contributed by atoms with E-state index < -0.39 is 6.10 Å². The number of carbonyl (C=O) groups excluding carboxylic acids is 1.